The van der Waals surface area contributed by atoms with Crippen LogP contribution < -0.4 is 0 Å². The van der Waals surface area contributed by atoms with Gasteiger partial charge in [0.05, 0.1) is 18.4 Å². The molecular weight excluding hydrogens is 390 g/mol. The fourth-order valence-electron chi connectivity index (χ4n) is 6.00. The molecule has 1 fully saturated rings. The van der Waals surface area contributed by atoms with Crippen molar-refractivity contribution < 1.29 is 19.1 Å². The van der Waals surface area contributed by atoms with Crippen LogP contribution in [0.25, 0.3) is 0 Å². The van der Waals surface area contributed by atoms with E-state index in [1.807, 2.05) is 38.1 Å². The summed E-state index contributed by atoms with van der Waals surface area (Å²) in [5.74, 6) is -2.06. The Bertz CT molecular complexity index is 959. The molecule has 3 aliphatic carbocycles. The van der Waals surface area contributed by atoms with Crippen LogP contribution in [-0.4, -0.2) is 35.3 Å². The maximum Gasteiger partial charge on any atom is 0.329 e. The van der Waals surface area contributed by atoms with Crippen molar-refractivity contribution in [3.8, 4) is 0 Å². The number of imide groups is 1. The number of ether oxygens (including phenoxy) is 1. The molecule has 0 saturated carbocycles. The first-order valence-electron chi connectivity index (χ1n) is 11.2. The molecule has 3 unspecified atom stereocenters. The van der Waals surface area contributed by atoms with Gasteiger partial charge in [0.1, 0.15) is 6.04 Å². The van der Waals surface area contributed by atoms with Gasteiger partial charge in [-0.25, -0.2) is 4.79 Å². The molecule has 2 aromatic rings. The molecule has 4 aliphatic rings. The third kappa shape index (κ3) is 2.79. The summed E-state index contributed by atoms with van der Waals surface area (Å²) in [6.45, 7) is 5.93. The van der Waals surface area contributed by atoms with Crippen LogP contribution in [0.4, 0.5) is 0 Å². The first-order valence-corrected chi connectivity index (χ1v) is 11.2. The zero-order valence-electron chi connectivity index (χ0n) is 18.1. The molecule has 160 valence electrons. The van der Waals surface area contributed by atoms with Crippen LogP contribution >= 0.6 is 0 Å². The number of carbonyl (C=O) groups excluding carboxylic acids is 3. The van der Waals surface area contributed by atoms with E-state index in [1.54, 1.807) is 6.92 Å². The highest BCUT2D eigenvalue weighted by molar-refractivity contribution is 6.10. The van der Waals surface area contributed by atoms with Crippen LogP contribution in [0.5, 0.6) is 0 Å². The first-order chi connectivity index (χ1) is 15.0. The van der Waals surface area contributed by atoms with E-state index in [1.165, 1.54) is 4.90 Å². The Morgan fingerprint density at radius 2 is 1.29 bits per heavy atom. The Morgan fingerprint density at radius 3 is 1.65 bits per heavy atom. The van der Waals surface area contributed by atoms with Gasteiger partial charge in [-0.05, 0) is 41.5 Å². The first kappa shape index (κ1) is 20.0. The lowest BCUT2D eigenvalue weighted by Crippen LogP contribution is -2.47. The maximum absolute atomic E-state index is 13.8. The number of esters is 1. The zero-order valence-corrected chi connectivity index (χ0v) is 18.1. The number of nitrogens with zero attached hydrogens (tertiary/aromatic N) is 1. The molecule has 3 atom stereocenters. The van der Waals surface area contributed by atoms with Crippen molar-refractivity contribution in [2.75, 3.05) is 6.61 Å². The van der Waals surface area contributed by atoms with Crippen molar-refractivity contribution in [1.29, 1.82) is 0 Å². The normalized spacial score (nSPS) is 26.5. The zero-order chi connectivity index (χ0) is 21.9. The maximum atomic E-state index is 13.8. The minimum Gasteiger partial charge on any atom is -0.464 e. The van der Waals surface area contributed by atoms with Gasteiger partial charge in [-0.2, -0.15) is 0 Å². The van der Waals surface area contributed by atoms with E-state index in [0.717, 1.165) is 22.3 Å². The minimum absolute atomic E-state index is 0.142. The quantitative estimate of drug-likeness (QED) is 0.548. The molecule has 1 aliphatic heterocycles. The Kier molecular flexibility index (Phi) is 4.72. The fraction of sp³-hybridized carbons (Fsp3) is 0.423. The molecule has 6 rings (SSSR count). The van der Waals surface area contributed by atoms with E-state index in [0.29, 0.717) is 6.42 Å². The standard InChI is InChI=1S/C26H27NO4/c1-4-31-26(30)19(13-14(2)3)27-24(28)22-20-15-9-5-6-10-16(15)21(23(22)25(27)29)18-12-8-7-11-17(18)20/h5-12,14,19-23H,4,13H2,1-3H3. The Balaban J connectivity index is 1.64. The van der Waals surface area contributed by atoms with Crippen molar-refractivity contribution >= 4 is 17.8 Å². The van der Waals surface area contributed by atoms with Crippen molar-refractivity contribution in [2.24, 2.45) is 17.8 Å². The van der Waals surface area contributed by atoms with Crippen LogP contribution in [0, 0.1) is 17.8 Å². The van der Waals surface area contributed by atoms with Gasteiger partial charge in [0.15, 0.2) is 0 Å². The van der Waals surface area contributed by atoms with Crippen LogP contribution in [0.3, 0.4) is 0 Å². The molecule has 2 bridgehead atoms. The SMILES string of the molecule is CCOC(=O)C(CC(C)C)N1C(=O)C2C3c4ccccc4C(c4ccccc43)C2C1=O. The van der Waals surface area contributed by atoms with E-state index < -0.39 is 23.8 Å². The number of amides is 2. The highest BCUT2D eigenvalue weighted by Crippen LogP contribution is 2.61. The van der Waals surface area contributed by atoms with Gasteiger partial charge in [-0.1, -0.05) is 62.4 Å². The molecule has 2 amide bonds. The molecule has 1 heterocycles. The highest BCUT2D eigenvalue weighted by atomic mass is 16.5. The van der Waals surface area contributed by atoms with Crippen molar-refractivity contribution in [3.63, 3.8) is 0 Å². The molecule has 1 saturated heterocycles. The Morgan fingerprint density at radius 1 is 0.871 bits per heavy atom. The van der Waals surface area contributed by atoms with Gasteiger partial charge in [0.2, 0.25) is 11.8 Å². The van der Waals surface area contributed by atoms with Gasteiger partial charge < -0.3 is 4.74 Å². The van der Waals surface area contributed by atoms with E-state index in [2.05, 4.69) is 24.3 Å². The Labute approximate surface area is 182 Å². The largest absolute Gasteiger partial charge is 0.464 e. The van der Waals surface area contributed by atoms with Crippen molar-refractivity contribution in [3.05, 3.63) is 70.8 Å². The molecule has 5 nitrogen and oxygen atoms in total. The summed E-state index contributed by atoms with van der Waals surface area (Å²) in [6, 6.07) is 15.4. The fourth-order valence-corrected chi connectivity index (χ4v) is 6.00. The molecule has 0 radical (unpaired) electrons. The summed E-state index contributed by atoms with van der Waals surface area (Å²) in [5.41, 5.74) is 4.53. The monoisotopic (exact) mass is 417 g/mol. The summed E-state index contributed by atoms with van der Waals surface area (Å²) in [5, 5.41) is 0. The van der Waals surface area contributed by atoms with Crippen molar-refractivity contribution in [1.82, 2.24) is 4.90 Å². The van der Waals surface area contributed by atoms with Gasteiger partial charge in [-0.15, -0.1) is 0 Å². The number of rotatable bonds is 5. The van der Waals surface area contributed by atoms with Crippen LogP contribution in [0.1, 0.15) is 61.3 Å². The third-order valence-electron chi connectivity index (χ3n) is 7.05. The van der Waals surface area contributed by atoms with E-state index >= 15 is 0 Å². The smallest absolute Gasteiger partial charge is 0.329 e. The molecule has 0 spiro atoms. The van der Waals surface area contributed by atoms with Gasteiger partial charge in [-0.3, -0.25) is 14.5 Å². The number of likely N-dealkylation sites (tertiary alicyclic amines) is 1. The lowest BCUT2D eigenvalue weighted by Gasteiger charge is -2.45. The summed E-state index contributed by atoms with van der Waals surface area (Å²) in [4.78, 5) is 41.6. The minimum atomic E-state index is -0.865. The molecule has 31 heavy (non-hydrogen) atoms. The average molecular weight is 418 g/mol. The molecular formula is C26H27NO4. The number of hydrogen-bond acceptors (Lipinski definition) is 4. The summed E-state index contributed by atoms with van der Waals surface area (Å²) < 4.78 is 5.28. The predicted octanol–water partition coefficient (Wildman–Crippen LogP) is 3.86. The average Bonchev–Trinajstić information content (AvgIpc) is 3.03. The molecule has 0 aromatic heterocycles. The topological polar surface area (TPSA) is 63.7 Å². The predicted molar refractivity (Wildman–Crippen MR) is 115 cm³/mol. The van der Waals surface area contributed by atoms with E-state index in [4.69, 9.17) is 4.74 Å². The summed E-state index contributed by atoms with van der Waals surface area (Å²) in [7, 11) is 0. The second-order valence-corrected chi connectivity index (χ2v) is 9.21. The van der Waals surface area contributed by atoms with Crippen LogP contribution in [0.15, 0.2) is 48.5 Å². The summed E-state index contributed by atoms with van der Waals surface area (Å²) in [6.07, 6.45) is 0.408. The van der Waals surface area contributed by atoms with Gasteiger partial charge >= 0.3 is 5.97 Å². The second-order valence-electron chi connectivity index (χ2n) is 9.21. The van der Waals surface area contributed by atoms with Crippen LogP contribution in [0.2, 0.25) is 0 Å². The van der Waals surface area contributed by atoms with E-state index in [9.17, 15) is 14.4 Å². The summed E-state index contributed by atoms with van der Waals surface area (Å²) >= 11 is 0. The van der Waals surface area contributed by atoms with Crippen molar-refractivity contribution in [2.45, 2.75) is 45.1 Å². The van der Waals surface area contributed by atoms with Crippen LogP contribution in [-0.2, 0) is 19.1 Å². The highest BCUT2D eigenvalue weighted by Gasteiger charge is 2.63. The third-order valence-corrected chi connectivity index (χ3v) is 7.05. The molecule has 2 aromatic carbocycles. The van der Waals surface area contributed by atoms with Gasteiger partial charge in [0, 0.05) is 11.8 Å². The molecule has 0 N–H and O–H groups in total. The molecule has 5 heteroatoms. The van der Waals surface area contributed by atoms with Gasteiger partial charge in [0.25, 0.3) is 0 Å². The number of hydrogen-bond donors (Lipinski definition) is 0. The second kappa shape index (κ2) is 7.33. The number of carbonyl (C=O) groups is 3. The lowest BCUT2D eigenvalue weighted by atomic mass is 9.55. The van der Waals surface area contributed by atoms with E-state index in [-0.39, 0.29) is 36.2 Å². The Hall–Kier alpha value is -2.95. The number of benzene rings is 2. The lowest BCUT2D eigenvalue weighted by molar-refractivity contribution is -0.159.